The minimum atomic E-state index is -0.00893. The van der Waals surface area contributed by atoms with Crippen LogP contribution in [0.2, 0.25) is 0 Å². The van der Waals surface area contributed by atoms with Crippen LogP contribution in [0.1, 0.15) is 21.3 Å². The molecule has 1 aliphatic rings. The Morgan fingerprint density at radius 3 is 3.05 bits per heavy atom. The van der Waals surface area contributed by atoms with Crippen LogP contribution in [0.5, 0.6) is 0 Å². The lowest BCUT2D eigenvalue weighted by Crippen LogP contribution is -2.48. The van der Waals surface area contributed by atoms with Crippen LogP contribution in [0.25, 0.3) is 0 Å². The molecular formula is C12H14ClN5OS. The van der Waals surface area contributed by atoms with E-state index >= 15 is 0 Å². The molecule has 1 N–H and O–H groups in total. The van der Waals surface area contributed by atoms with Crippen molar-refractivity contribution in [3.8, 4) is 0 Å². The lowest BCUT2D eigenvalue weighted by Gasteiger charge is -2.35. The molecule has 6 nitrogen and oxygen atoms in total. The Morgan fingerprint density at radius 2 is 2.35 bits per heavy atom. The van der Waals surface area contributed by atoms with Crippen LogP contribution in [0.15, 0.2) is 30.7 Å². The standard InChI is InChI=1S/C12H13N5OS.ClH/c18-12(11-8-15-16-19-11)17-5-4-14-7-10(17)9-2-1-3-13-6-9;/h1-3,6,8,10,14H,4-5,7H2;1H. The summed E-state index contributed by atoms with van der Waals surface area (Å²) in [5.74, 6) is -0.00893. The number of nitrogens with one attached hydrogen (secondary N) is 1. The quantitative estimate of drug-likeness (QED) is 0.900. The van der Waals surface area contributed by atoms with Crippen LogP contribution in [-0.4, -0.2) is 45.0 Å². The number of hydrogen-bond donors (Lipinski definition) is 1. The first kappa shape index (κ1) is 14.8. The highest BCUT2D eigenvalue weighted by Crippen LogP contribution is 2.23. The molecular weight excluding hydrogens is 298 g/mol. The third-order valence-electron chi connectivity index (χ3n) is 3.15. The fraction of sp³-hybridized carbons (Fsp3) is 0.333. The van der Waals surface area contributed by atoms with Crippen molar-refractivity contribution in [3.63, 3.8) is 0 Å². The number of piperazine rings is 1. The second kappa shape index (κ2) is 6.74. The number of pyridine rings is 1. The van der Waals surface area contributed by atoms with E-state index in [9.17, 15) is 4.79 Å². The Bertz CT molecular complexity index is 550. The fourth-order valence-electron chi connectivity index (χ4n) is 2.22. The maximum Gasteiger partial charge on any atom is 0.267 e. The van der Waals surface area contributed by atoms with E-state index in [2.05, 4.69) is 19.9 Å². The molecule has 3 heterocycles. The Labute approximate surface area is 126 Å². The van der Waals surface area contributed by atoms with Crippen molar-refractivity contribution in [1.29, 1.82) is 0 Å². The lowest BCUT2D eigenvalue weighted by molar-refractivity contribution is 0.0639. The molecule has 0 spiro atoms. The topological polar surface area (TPSA) is 71.0 Å². The van der Waals surface area contributed by atoms with Crippen LogP contribution in [0.4, 0.5) is 0 Å². The molecule has 20 heavy (non-hydrogen) atoms. The summed E-state index contributed by atoms with van der Waals surface area (Å²) in [6.07, 6.45) is 5.07. The Morgan fingerprint density at radius 1 is 1.45 bits per heavy atom. The highest BCUT2D eigenvalue weighted by atomic mass is 35.5. The number of carbonyl (C=O) groups excluding carboxylic acids is 1. The smallest absolute Gasteiger partial charge is 0.267 e. The van der Waals surface area contributed by atoms with Gasteiger partial charge < -0.3 is 10.2 Å². The van der Waals surface area contributed by atoms with Gasteiger partial charge in [-0.1, -0.05) is 10.6 Å². The molecule has 1 aliphatic heterocycles. The average molecular weight is 312 g/mol. The third kappa shape index (κ3) is 2.95. The Balaban J connectivity index is 0.00000147. The van der Waals surface area contributed by atoms with Gasteiger partial charge in [0, 0.05) is 32.0 Å². The summed E-state index contributed by atoms with van der Waals surface area (Å²) in [5, 5.41) is 7.04. The van der Waals surface area contributed by atoms with Crippen LogP contribution in [-0.2, 0) is 0 Å². The van der Waals surface area contributed by atoms with Crippen molar-refractivity contribution in [3.05, 3.63) is 41.2 Å². The van der Waals surface area contributed by atoms with Gasteiger partial charge in [0.2, 0.25) is 0 Å². The van der Waals surface area contributed by atoms with Gasteiger partial charge in [-0.2, -0.15) is 0 Å². The lowest BCUT2D eigenvalue weighted by atomic mass is 10.1. The predicted octanol–water partition coefficient (Wildman–Crippen LogP) is 1.14. The number of carbonyl (C=O) groups is 1. The van der Waals surface area contributed by atoms with Gasteiger partial charge >= 0.3 is 0 Å². The molecule has 0 aliphatic carbocycles. The summed E-state index contributed by atoms with van der Waals surface area (Å²) in [4.78, 5) is 19.0. The minimum absolute atomic E-state index is 0. The maximum atomic E-state index is 12.5. The van der Waals surface area contributed by atoms with Crippen molar-refractivity contribution in [2.24, 2.45) is 0 Å². The van der Waals surface area contributed by atoms with Gasteiger partial charge in [-0.05, 0) is 23.2 Å². The zero-order chi connectivity index (χ0) is 13.1. The summed E-state index contributed by atoms with van der Waals surface area (Å²) in [5.41, 5.74) is 1.04. The minimum Gasteiger partial charge on any atom is -0.328 e. The zero-order valence-electron chi connectivity index (χ0n) is 10.6. The van der Waals surface area contributed by atoms with E-state index in [1.807, 2.05) is 23.2 Å². The monoisotopic (exact) mass is 311 g/mol. The van der Waals surface area contributed by atoms with Crippen LogP contribution in [0.3, 0.4) is 0 Å². The van der Waals surface area contributed by atoms with Gasteiger partial charge in [-0.3, -0.25) is 9.78 Å². The normalized spacial score (nSPS) is 18.4. The molecule has 2 aromatic rings. The van der Waals surface area contributed by atoms with Crippen molar-refractivity contribution < 1.29 is 4.79 Å². The number of halogens is 1. The van der Waals surface area contributed by atoms with Gasteiger partial charge in [-0.25, -0.2) is 0 Å². The summed E-state index contributed by atoms with van der Waals surface area (Å²) in [6.45, 7) is 2.22. The molecule has 3 rings (SSSR count). The van der Waals surface area contributed by atoms with E-state index in [1.165, 1.54) is 6.20 Å². The molecule has 1 saturated heterocycles. The first-order valence-corrected chi connectivity index (χ1v) is 6.82. The van der Waals surface area contributed by atoms with Gasteiger partial charge in [0.15, 0.2) is 0 Å². The van der Waals surface area contributed by atoms with Crippen molar-refractivity contribution in [2.45, 2.75) is 6.04 Å². The zero-order valence-corrected chi connectivity index (χ0v) is 12.2. The van der Waals surface area contributed by atoms with Crippen LogP contribution < -0.4 is 5.32 Å². The van der Waals surface area contributed by atoms with E-state index in [4.69, 9.17) is 0 Å². The Hall–Kier alpha value is -1.57. The van der Waals surface area contributed by atoms with Gasteiger partial charge in [0.1, 0.15) is 4.88 Å². The molecule has 0 saturated carbocycles. The fourth-order valence-corrected chi connectivity index (χ4v) is 2.69. The van der Waals surface area contributed by atoms with E-state index in [-0.39, 0.29) is 24.4 Å². The number of nitrogens with zero attached hydrogens (tertiary/aromatic N) is 4. The second-order valence-electron chi connectivity index (χ2n) is 4.29. The number of hydrogen-bond acceptors (Lipinski definition) is 6. The molecule has 1 amide bonds. The van der Waals surface area contributed by atoms with Gasteiger partial charge in [-0.15, -0.1) is 17.5 Å². The van der Waals surface area contributed by atoms with Gasteiger partial charge in [0.25, 0.3) is 5.91 Å². The first-order valence-electron chi connectivity index (χ1n) is 6.05. The first-order chi connectivity index (χ1) is 9.36. The van der Waals surface area contributed by atoms with E-state index in [0.717, 1.165) is 30.2 Å². The molecule has 1 atom stereocenters. The number of amides is 1. The van der Waals surface area contributed by atoms with Crippen molar-refractivity contribution >= 4 is 29.8 Å². The van der Waals surface area contributed by atoms with Crippen molar-refractivity contribution in [1.82, 2.24) is 24.8 Å². The van der Waals surface area contributed by atoms with E-state index < -0.39 is 0 Å². The predicted molar refractivity (Wildman–Crippen MR) is 78.0 cm³/mol. The molecule has 1 unspecified atom stereocenters. The summed E-state index contributed by atoms with van der Waals surface area (Å²) in [6, 6.07) is 3.90. The molecule has 106 valence electrons. The molecule has 0 bridgehead atoms. The summed E-state index contributed by atoms with van der Waals surface area (Å²) < 4.78 is 3.75. The van der Waals surface area contributed by atoms with Gasteiger partial charge in [0.05, 0.1) is 12.2 Å². The van der Waals surface area contributed by atoms with Crippen molar-refractivity contribution in [2.75, 3.05) is 19.6 Å². The molecule has 0 radical (unpaired) electrons. The SMILES string of the molecule is Cl.O=C(c1cnns1)N1CCNCC1c1cccnc1. The summed E-state index contributed by atoms with van der Waals surface area (Å²) in [7, 11) is 0. The Kier molecular flexibility index (Phi) is 4.99. The van der Waals surface area contributed by atoms with E-state index in [0.29, 0.717) is 11.4 Å². The largest absolute Gasteiger partial charge is 0.328 e. The highest BCUT2D eigenvalue weighted by molar-refractivity contribution is 7.07. The maximum absolute atomic E-state index is 12.5. The molecule has 0 aromatic carbocycles. The molecule has 1 fully saturated rings. The second-order valence-corrected chi connectivity index (χ2v) is 5.07. The molecule has 2 aromatic heterocycles. The molecule has 8 heteroatoms. The number of aromatic nitrogens is 3. The van der Waals surface area contributed by atoms with Crippen LogP contribution in [0, 0.1) is 0 Å². The third-order valence-corrected chi connectivity index (χ3v) is 3.80. The summed E-state index contributed by atoms with van der Waals surface area (Å²) >= 11 is 1.13. The highest BCUT2D eigenvalue weighted by Gasteiger charge is 2.29. The van der Waals surface area contributed by atoms with Crippen LogP contribution >= 0.6 is 23.9 Å². The number of rotatable bonds is 2. The van der Waals surface area contributed by atoms with E-state index in [1.54, 1.807) is 6.20 Å². The average Bonchev–Trinajstić information content (AvgIpc) is 3.02.